The summed E-state index contributed by atoms with van der Waals surface area (Å²) in [4.78, 5) is 22.8. The Morgan fingerprint density at radius 1 is 1.52 bits per heavy atom. The minimum Gasteiger partial charge on any atom is -0.481 e. The van der Waals surface area contributed by atoms with Gasteiger partial charge in [0.15, 0.2) is 0 Å². The van der Waals surface area contributed by atoms with E-state index in [1.54, 1.807) is 0 Å². The van der Waals surface area contributed by atoms with Crippen molar-refractivity contribution in [1.29, 1.82) is 0 Å². The number of rotatable bonds is 5. The maximum atomic E-state index is 13.4. The van der Waals surface area contributed by atoms with Crippen LogP contribution in [-0.2, 0) is 16.1 Å². The van der Waals surface area contributed by atoms with Crippen molar-refractivity contribution in [2.24, 2.45) is 0 Å². The summed E-state index contributed by atoms with van der Waals surface area (Å²) in [6.07, 6.45) is -0.0859. The topological polar surface area (TPSA) is 92.9 Å². The lowest BCUT2D eigenvalue weighted by Crippen LogP contribution is -2.45. The van der Waals surface area contributed by atoms with Gasteiger partial charge in [-0.3, -0.25) is 19.8 Å². The molecule has 8 heteroatoms. The molecular weight excluding hydrogens is 283 g/mol. The minimum atomic E-state index is -0.944. The van der Waals surface area contributed by atoms with E-state index in [9.17, 15) is 19.3 Å². The number of non-ortho nitro benzene ring substituents is 1. The Morgan fingerprint density at radius 3 is 2.95 bits per heavy atom. The number of hydrogen-bond donors (Lipinski definition) is 1. The molecule has 21 heavy (non-hydrogen) atoms. The van der Waals surface area contributed by atoms with Crippen molar-refractivity contribution in [2.75, 3.05) is 19.8 Å². The van der Waals surface area contributed by atoms with Gasteiger partial charge in [-0.2, -0.15) is 0 Å². The highest BCUT2D eigenvalue weighted by molar-refractivity contribution is 5.67. The highest BCUT2D eigenvalue weighted by Gasteiger charge is 2.25. The fourth-order valence-electron chi connectivity index (χ4n) is 2.35. The van der Waals surface area contributed by atoms with Crippen molar-refractivity contribution in [3.63, 3.8) is 0 Å². The Morgan fingerprint density at radius 2 is 2.29 bits per heavy atom. The van der Waals surface area contributed by atoms with Gasteiger partial charge in [-0.05, 0) is 11.6 Å². The molecule has 0 aromatic heterocycles. The molecule has 1 aromatic carbocycles. The lowest BCUT2D eigenvalue weighted by atomic mass is 10.1. The van der Waals surface area contributed by atoms with Crippen LogP contribution < -0.4 is 0 Å². The van der Waals surface area contributed by atoms with Crippen molar-refractivity contribution in [2.45, 2.75) is 19.0 Å². The van der Waals surface area contributed by atoms with Crippen LogP contribution in [0.25, 0.3) is 0 Å². The quantitative estimate of drug-likeness (QED) is 0.652. The number of hydrogen-bond acceptors (Lipinski definition) is 5. The van der Waals surface area contributed by atoms with E-state index < -0.39 is 16.7 Å². The van der Waals surface area contributed by atoms with Crippen LogP contribution in [0.2, 0.25) is 0 Å². The summed E-state index contributed by atoms with van der Waals surface area (Å²) in [5, 5.41) is 19.6. The number of aliphatic carboxylic acids is 1. The Hall–Kier alpha value is -2.06. The molecule has 0 amide bonds. The Kier molecular flexibility index (Phi) is 4.81. The maximum absolute atomic E-state index is 13.4. The lowest BCUT2D eigenvalue weighted by molar-refractivity contribution is -0.385. The van der Waals surface area contributed by atoms with Crippen molar-refractivity contribution < 1.29 is 24.0 Å². The molecule has 1 aliphatic heterocycles. The number of carbonyl (C=O) groups is 1. The minimum absolute atomic E-state index is 0.0859. The molecule has 1 heterocycles. The summed E-state index contributed by atoms with van der Waals surface area (Å²) >= 11 is 0. The molecule has 0 bridgehead atoms. The van der Waals surface area contributed by atoms with Crippen molar-refractivity contribution in [3.8, 4) is 0 Å². The normalized spacial score (nSPS) is 19.4. The molecule has 2 rings (SSSR count). The Balaban J connectivity index is 2.15. The van der Waals surface area contributed by atoms with Crippen molar-refractivity contribution >= 4 is 11.7 Å². The summed E-state index contributed by atoms with van der Waals surface area (Å²) < 4.78 is 18.7. The largest absolute Gasteiger partial charge is 0.481 e. The summed E-state index contributed by atoms with van der Waals surface area (Å²) in [5.74, 6) is -1.62. The molecule has 7 nitrogen and oxygen atoms in total. The van der Waals surface area contributed by atoms with Gasteiger partial charge in [-0.1, -0.05) is 0 Å². The van der Waals surface area contributed by atoms with Crippen molar-refractivity contribution in [1.82, 2.24) is 4.90 Å². The second-order valence-electron chi connectivity index (χ2n) is 4.87. The second kappa shape index (κ2) is 6.59. The third kappa shape index (κ3) is 4.20. The smallest absolute Gasteiger partial charge is 0.305 e. The Bertz CT molecular complexity index is 551. The van der Waals surface area contributed by atoms with E-state index >= 15 is 0 Å². The molecule has 1 N–H and O–H groups in total. The number of morpholine rings is 1. The predicted molar refractivity (Wildman–Crippen MR) is 70.3 cm³/mol. The van der Waals surface area contributed by atoms with Gasteiger partial charge in [-0.15, -0.1) is 0 Å². The average Bonchev–Trinajstić information content (AvgIpc) is 2.39. The molecule has 1 fully saturated rings. The van der Waals surface area contributed by atoms with Gasteiger partial charge < -0.3 is 9.84 Å². The molecule has 0 spiro atoms. The third-order valence-electron chi connectivity index (χ3n) is 3.30. The molecule has 1 aliphatic rings. The molecule has 0 radical (unpaired) electrons. The maximum Gasteiger partial charge on any atom is 0.305 e. The molecule has 114 valence electrons. The van der Waals surface area contributed by atoms with Crippen LogP contribution in [0.15, 0.2) is 18.2 Å². The zero-order chi connectivity index (χ0) is 15.4. The number of nitrogens with zero attached hydrogens (tertiary/aromatic N) is 2. The second-order valence-corrected chi connectivity index (χ2v) is 4.87. The molecular formula is C13H15FN2O5. The Labute approximate surface area is 120 Å². The standard InChI is InChI=1S/C13H15FN2O5/c14-10-3-9(4-11(5-10)16(19)20)7-15-1-2-21-8-12(15)6-13(17)18/h3-5,12H,1-2,6-8H2,(H,17,18). The van der Waals surface area contributed by atoms with E-state index in [0.717, 1.165) is 6.07 Å². The molecule has 1 atom stereocenters. The monoisotopic (exact) mass is 298 g/mol. The predicted octanol–water partition coefficient (Wildman–Crippen LogP) is 1.41. The number of nitro benzene ring substituents is 1. The summed E-state index contributed by atoms with van der Waals surface area (Å²) in [6.45, 7) is 1.49. The lowest BCUT2D eigenvalue weighted by Gasteiger charge is -2.34. The van der Waals surface area contributed by atoms with Crippen LogP contribution in [0.4, 0.5) is 10.1 Å². The van der Waals surface area contributed by atoms with Gasteiger partial charge in [0.1, 0.15) is 5.82 Å². The van der Waals surface area contributed by atoms with Crippen LogP contribution >= 0.6 is 0 Å². The van der Waals surface area contributed by atoms with Crippen LogP contribution in [0.5, 0.6) is 0 Å². The fourth-order valence-corrected chi connectivity index (χ4v) is 2.35. The van der Waals surface area contributed by atoms with E-state index in [-0.39, 0.29) is 31.3 Å². The first-order valence-corrected chi connectivity index (χ1v) is 6.43. The number of benzene rings is 1. The van der Waals surface area contributed by atoms with Crippen LogP contribution in [0.3, 0.4) is 0 Å². The number of halogens is 1. The van der Waals surface area contributed by atoms with Gasteiger partial charge in [0, 0.05) is 25.2 Å². The van der Waals surface area contributed by atoms with Gasteiger partial charge in [-0.25, -0.2) is 4.39 Å². The van der Waals surface area contributed by atoms with Gasteiger partial charge in [0.25, 0.3) is 5.69 Å². The fraction of sp³-hybridized carbons (Fsp3) is 0.462. The van der Waals surface area contributed by atoms with Crippen LogP contribution in [0, 0.1) is 15.9 Å². The molecule has 1 saturated heterocycles. The summed E-state index contributed by atoms with van der Waals surface area (Å²) in [7, 11) is 0. The zero-order valence-corrected chi connectivity index (χ0v) is 11.2. The summed E-state index contributed by atoms with van der Waals surface area (Å²) in [5.41, 5.74) is 0.132. The SMILES string of the molecule is O=C(O)CC1COCCN1Cc1cc(F)cc([N+](=O)[O-])c1. The number of ether oxygens (including phenoxy) is 1. The number of carboxylic acids is 1. The van der Waals surface area contributed by atoms with Crippen LogP contribution in [0.1, 0.15) is 12.0 Å². The highest BCUT2D eigenvalue weighted by Crippen LogP contribution is 2.20. The van der Waals surface area contributed by atoms with E-state index in [1.165, 1.54) is 12.1 Å². The van der Waals surface area contributed by atoms with E-state index in [0.29, 0.717) is 18.7 Å². The van der Waals surface area contributed by atoms with Gasteiger partial charge in [0.2, 0.25) is 0 Å². The summed E-state index contributed by atoms with van der Waals surface area (Å²) in [6, 6.07) is 3.06. The first-order valence-electron chi connectivity index (χ1n) is 6.43. The third-order valence-corrected chi connectivity index (χ3v) is 3.30. The van der Waals surface area contributed by atoms with E-state index in [1.807, 2.05) is 4.90 Å². The number of carboxylic acid groups (broad SMARTS) is 1. The highest BCUT2D eigenvalue weighted by atomic mass is 19.1. The van der Waals surface area contributed by atoms with E-state index in [4.69, 9.17) is 9.84 Å². The van der Waals surface area contributed by atoms with Gasteiger partial charge >= 0.3 is 5.97 Å². The average molecular weight is 298 g/mol. The van der Waals surface area contributed by atoms with Gasteiger partial charge in [0.05, 0.1) is 30.6 Å². The molecule has 0 aliphatic carbocycles. The molecule has 1 unspecified atom stereocenters. The van der Waals surface area contributed by atoms with Crippen molar-refractivity contribution in [3.05, 3.63) is 39.7 Å². The van der Waals surface area contributed by atoms with E-state index in [2.05, 4.69) is 0 Å². The first-order chi connectivity index (χ1) is 9.95. The first kappa shape index (κ1) is 15.3. The molecule has 0 saturated carbocycles. The zero-order valence-electron chi connectivity index (χ0n) is 11.2. The number of nitro groups is 1. The molecule has 1 aromatic rings. The van der Waals surface area contributed by atoms with Crippen LogP contribution in [-0.4, -0.2) is 46.7 Å².